The van der Waals surface area contributed by atoms with Crippen LogP contribution in [0, 0.1) is 13.8 Å². The maximum atomic E-state index is 12.8. The van der Waals surface area contributed by atoms with Gasteiger partial charge in [-0.15, -0.1) is 0 Å². The van der Waals surface area contributed by atoms with Gasteiger partial charge in [-0.2, -0.15) is 4.31 Å². The van der Waals surface area contributed by atoms with Crippen molar-refractivity contribution in [2.24, 2.45) is 0 Å². The number of hydrogen-bond acceptors (Lipinski definition) is 5. The average molecular weight is 460 g/mol. The van der Waals surface area contributed by atoms with E-state index in [0.717, 1.165) is 36.8 Å². The van der Waals surface area contributed by atoms with E-state index in [1.807, 2.05) is 32.0 Å². The highest BCUT2D eigenvalue weighted by Crippen LogP contribution is 2.21. The number of carbonyl (C=O) groups excluding carboxylic acids is 2. The molecule has 1 aliphatic rings. The first-order valence-corrected chi connectivity index (χ1v) is 12.1. The molecule has 2 amide bonds. The number of aryl methyl sites for hydroxylation is 2. The lowest BCUT2D eigenvalue weighted by atomic mass is 10.1. The Hall–Kier alpha value is -2.91. The zero-order chi connectivity index (χ0) is 23.1. The van der Waals surface area contributed by atoms with Crippen molar-refractivity contribution < 1.29 is 22.7 Å². The lowest BCUT2D eigenvalue weighted by Gasteiger charge is -2.20. The largest absolute Gasteiger partial charge is 0.483 e. The fourth-order valence-electron chi connectivity index (χ4n) is 3.45. The summed E-state index contributed by atoms with van der Waals surface area (Å²) < 4.78 is 32.7. The topological polar surface area (TPSA) is 105 Å². The molecule has 172 valence electrons. The summed E-state index contributed by atoms with van der Waals surface area (Å²) in [6.07, 6.45) is 3.78. The lowest BCUT2D eigenvalue weighted by Crippen LogP contribution is -2.43. The molecule has 2 aromatic carbocycles. The van der Waals surface area contributed by atoms with Crippen LogP contribution in [0.5, 0.6) is 5.75 Å². The van der Waals surface area contributed by atoms with Gasteiger partial charge in [0, 0.05) is 18.7 Å². The van der Waals surface area contributed by atoms with Crippen LogP contribution < -0.4 is 15.6 Å². The van der Waals surface area contributed by atoms with Crippen LogP contribution in [0.2, 0.25) is 0 Å². The first-order valence-electron chi connectivity index (χ1n) is 10.7. The maximum absolute atomic E-state index is 12.8. The Kier molecular flexibility index (Phi) is 7.87. The van der Waals surface area contributed by atoms with Crippen molar-refractivity contribution in [3.05, 3.63) is 59.2 Å². The van der Waals surface area contributed by atoms with Gasteiger partial charge in [-0.05, 0) is 68.1 Å². The molecule has 0 radical (unpaired) electrons. The van der Waals surface area contributed by atoms with E-state index in [-0.39, 0.29) is 17.1 Å². The van der Waals surface area contributed by atoms with Crippen LogP contribution in [0.4, 0.5) is 0 Å². The van der Waals surface area contributed by atoms with Crippen molar-refractivity contribution in [1.82, 2.24) is 15.2 Å². The van der Waals surface area contributed by atoms with Crippen molar-refractivity contribution in [2.45, 2.75) is 44.4 Å². The van der Waals surface area contributed by atoms with E-state index in [9.17, 15) is 18.0 Å². The fraction of sp³-hybridized carbons (Fsp3) is 0.391. The number of ether oxygens (including phenoxy) is 1. The molecule has 1 heterocycles. The Bertz CT molecular complexity index is 1060. The number of sulfonamides is 1. The third-order valence-electron chi connectivity index (χ3n) is 5.34. The minimum atomic E-state index is -3.58. The molecule has 0 aromatic heterocycles. The first-order chi connectivity index (χ1) is 15.3. The number of hydrazine groups is 1. The van der Waals surface area contributed by atoms with E-state index in [0.29, 0.717) is 18.8 Å². The maximum Gasteiger partial charge on any atom is 0.276 e. The van der Waals surface area contributed by atoms with Gasteiger partial charge in [0.1, 0.15) is 5.75 Å². The van der Waals surface area contributed by atoms with E-state index in [1.165, 1.54) is 28.6 Å². The number of carbonyl (C=O) groups is 2. The van der Waals surface area contributed by atoms with Crippen molar-refractivity contribution >= 4 is 21.8 Å². The second-order valence-corrected chi connectivity index (χ2v) is 9.84. The standard InChI is InChI=1S/C23H29N3O5S/c1-17-7-8-18(2)21(15-17)31-16-22(27)24-25-23(28)19-9-11-20(12-10-19)32(29,30)26-13-5-3-4-6-14-26/h7-12,15H,3-6,13-14,16H2,1-2H3,(H,24,27)(H,25,28). The number of nitrogens with zero attached hydrogens (tertiary/aromatic N) is 1. The highest BCUT2D eigenvalue weighted by molar-refractivity contribution is 7.89. The van der Waals surface area contributed by atoms with Gasteiger partial charge in [0.05, 0.1) is 4.90 Å². The average Bonchev–Trinajstić information content (AvgIpc) is 3.08. The van der Waals surface area contributed by atoms with Crippen molar-refractivity contribution in [2.75, 3.05) is 19.7 Å². The molecule has 1 aliphatic heterocycles. The van der Waals surface area contributed by atoms with Gasteiger partial charge in [0.2, 0.25) is 10.0 Å². The molecule has 0 saturated carbocycles. The van der Waals surface area contributed by atoms with E-state index in [1.54, 1.807) is 0 Å². The zero-order valence-electron chi connectivity index (χ0n) is 18.4. The number of benzene rings is 2. The Morgan fingerprint density at radius 1 is 0.938 bits per heavy atom. The van der Waals surface area contributed by atoms with Crippen molar-refractivity contribution in [1.29, 1.82) is 0 Å². The highest BCUT2D eigenvalue weighted by atomic mass is 32.2. The molecule has 0 spiro atoms. The molecule has 2 aromatic rings. The fourth-order valence-corrected chi connectivity index (χ4v) is 4.97. The zero-order valence-corrected chi connectivity index (χ0v) is 19.2. The molecular formula is C23H29N3O5S. The molecule has 3 rings (SSSR count). The molecule has 1 fully saturated rings. The molecule has 0 unspecified atom stereocenters. The first kappa shape index (κ1) is 23.7. The molecule has 8 nitrogen and oxygen atoms in total. The summed E-state index contributed by atoms with van der Waals surface area (Å²) in [4.78, 5) is 24.5. The molecule has 0 aliphatic carbocycles. The van der Waals surface area contributed by atoms with E-state index in [4.69, 9.17) is 4.74 Å². The summed E-state index contributed by atoms with van der Waals surface area (Å²) in [5.41, 5.74) is 6.76. The Morgan fingerprint density at radius 3 is 2.25 bits per heavy atom. The number of nitrogens with one attached hydrogen (secondary N) is 2. The van der Waals surface area contributed by atoms with Crippen LogP contribution in [0.25, 0.3) is 0 Å². The predicted octanol–water partition coefficient (Wildman–Crippen LogP) is 2.71. The van der Waals surface area contributed by atoms with E-state index < -0.39 is 21.8 Å². The quantitative estimate of drug-likeness (QED) is 0.647. The molecule has 32 heavy (non-hydrogen) atoms. The normalized spacial score (nSPS) is 14.9. The molecule has 9 heteroatoms. The lowest BCUT2D eigenvalue weighted by molar-refractivity contribution is -0.123. The third-order valence-corrected chi connectivity index (χ3v) is 7.25. The predicted molar refractivity (Wildman–Crippen MR) is 121 cm³/mol. The van der Waals surface area contributed by atoms with Gasteiger partial charge >= 0.3 is 0 Å². The summed E-state index contributed by atoms with van der Waals surface area (Å²) in [6, 6.07) is 11.4. The van der Waals surface area contributed by atoms with E-state index in [2.05, 4.69) is 10.9 Å². The van der Waals surface area contributed by atoms with Crippen molar-refractivity contribution in [3.8, 4) is 5.75 Å². The Balaban J connectivity index is 1.53. The Morgan fingerprint density at radius 2 is 1.59 bits per heavy atom. The highest BCUT2D eigenvalue weighted by Gasteiger charge is 2.25. The summed E-state index contributed by atoms with van der Waals surface area (Å²) in [5, 5.41) is 0. The summed E-state index contributed by atoms with van der Waals surface area (Å²) in [5.74, 6) is -0.462. The monoisotopic (exact) mass is 459 g/mol. The van der Waals surface area contributed by atoms with Gasteiger partial charge in [0.15, 0.2) is 6.61 Å². The van der Waals surface area contributed by atoms with E-state index >= 15 is 0 Å². The van der Waals surface area contributed by atoms with Crippen LogP contribution in [-0.2, 0) is 14.8 Å². The molecule has 1 saturated heterocycles. The molecule has 2 N–H and O–H groups in total. The van der Waals surface area contributed by atoms with Gasteiger partial charge in [-0.3, -0.25) is 20.4 Å². The van der Waals surface area contributed by atoms with Gasteiger partial charge in [-0.25, -0.2) is 8.42 Å². The number of hydrogen-bond donors (Lipinski definition) is 2. The summed E-state index contributed by atoms with van der Waals surface area (Å²) >= 11 is 0. The van der Waals surface area contributed by atoms with Crippen LogP contribution in [-0.4, -0.2) is 44.2 Å². The molecule has 0 atom stereocenters. The summed E-state index contributed by atoms with van der Waals surface area (Å²) in [6.45, 7) is 4.58. The van der Waals surface area contributed by atoms with Crippen LogP contribution in [0.3, 0.4) is 0 Å². The SMILES string of the molecule is Cc1ccc(C)c(OCC(=O)NNC(=O)c2ccc(S(=O)(=O)N3CCCCCC3)cc2)c1. The molecule has 0 bridgehead atoms. The van der Waals surface area contributed by atoms with Gasteiger partial charge in [0.25, 0.3) is 11.8 Å². The van der Waals surface area contributed by atoms with Crippen LogP contribution in [0.1, 0.15) is 47.2 Å². The smallest absolute Gasteiger partial charge is 0.276 e. The van der Waals surface area contributed by atoms with Gasteiger partial charge < -0.3 is 4.74 Å². The second-order valence-electron chi connectivity index (χ2n) is 7.90. The second kappa shape index (κ2) is 10.6. The molecular weight excluding hydrogens is 430 g/mol. The van der Waals surface area contributed by atoms with Crippen LogP contribution >= 0.6 is 0 Å². The van der Waals surface area contributed by atoms with Gasteiger partial charge in [-0.1, -0.05) is 25.0 Å². The van der Waals surface area contributed by atoms with Crippen LogP contribution in [0.15, 0.2) is 47.4 Å². The Labute approximate surface area is 189 Å². The van der Waals surface area contributed by atoms with Crippen molar-refractivity contribution in [3.63, 3.8) is 0 Å². The third kappa shape index (κ3) is 6.08. The number of rotatable bonds is 6. The minimum Gasteiger partial charge on any atom is -0.483 e. The summed E-state index contributed by atoms with van der Waals surface area (Å²) in [7, 11) is -3.58. The number of amides is 2. The minimum absolute atomic E-state index is 0.155.